The summed E-state index contributed by atoms with van der Waals surface area (Å²) in [6.45, 7) is 6.30. The average Bonchev–Trinajstić information content (AvgIpc) is 2.68. The van der Waals surface area contributed by atoms with Gasteiger partial charge in [-0.25, -0.2) is 12.8 Å². The predicted molar refractivity (Wildman–Crippen MR) is 106 cm³/mol. The van der Waals surface area contributed by atoms with E-state index < -0.39 is 21.6 Å². The summed E-state index contributed by atoms with van der Waals surface area (Å²) in [4.78, 5) is 18.6. The van der Waals surface area contributed by atoms with Gasteiger partial charge < -0.3 is 4.90 Å². The Labute approximate surface area is 163 Å². The van der Waals surface area contributed by atoms with E-state index in [2.05, 4.69) is 4.98 Å². The van der Waals surface area contributed by atoms with Crippen LogP contribution in [0.1, 0.15) is 29.8 Å². The van der Waals surface area contributed by atoms with E-state index in [-0.39, 0.29) is 20.7 Å². The minimum absolute atomic E-state index is 0.0449. The summed E-state index contributed by atoms with van der Waals surface area (Å²) in [6, 6.07) is 10.1. The fraction of sp³-hybridized carbons (Fsp3) is 0.238. The van der Waals surface area contributed by atoms with Gasteiger partial charge in [-0.3, -0.25) is 9.78 Å². The van der Waals surface area contributed by atoms with Crippen LogP contribution in [0.3, 0.4) is 0 Å². The first kappa shape index (κ1) is 19.9. The normalized spacial score (nSPS) is 11.6. The number of aryl methyl sites for hydroxylation is 1. The molecule has 146 valence electrons. The number of pyridine rings is 1. The van der Waals surface area contributed by atoms with Crippen molar-refractivity contribution in [3.8, 4) is 0 Å². The van der Waals surface area contributed by atoms with Crippen molar-refractivity contribution < 1.29 is 17.6 Å². The Hall–Kier alpha value is -2.80. The summed E-state index contributed by atoms with van der Waals surface area (Å²) in [5.74, 6) is -1.04. The molecule has 0 unspecified atom stereocenters. The lowest BCUT2D eigenvalue weighted by molar-refractivity contribution is 0.0769. The van der Waals surface area contributed by atoms with Gasteiger partial charge in [-0.05, 0) is 51.1 Å². The molecule has 0 bridgehead atoms. The van der Waals surface area contributed by atoms with Crippen molar-refractivity contribution in [2.24, 2.45) is 0 Å². The van der Waals surface area contributed by atoms with Crippen LogP contribution >= 0.6 is 0 Å². The van der Waals surface area contributed by atoms with Gasteiger partial charge in [0.25, 0.3) is 5.91 Å². The molecule has 0 aliphatic heterocycles. The molecule has 1 amide bonds. The molecular weight excluding hydrogens is 379 g/mol. The van der Waals surface area contributed by atoms with Crippen molar-refractivity contribution in [1.29, 1.82) is 0 Å². The Bertz CT molecular complexity index is 1140. The molecule has 2 aromatic carbocycles. The Morgan fingerprint density at radius 3 is 2.32 bits per heavy atom. The number of carbonyl (C=O) groups excluding carboxylic acids is 1. The Balaban J connectivity index is 2.37. The molecule has 0 N–H and O–H groups in total. The number of rotatable bonds is 5. The first-order valence-corrected chi connectivity index (χ1v) is 10.5. The quantitative estimate of drug-likeness (QED) is 0.649. The third-order valence-corrected chi connectivity index (χ3v) is 6.53. The number of fused-ring (bicyclic) bond motifs is 1. The van der Waals surface area contributed by atoms with Gasteiger partial charge in [0.05, 0.1) is 20.9 Å². The predicted octanol–water partition coefficient (Wildman–Crippen LogP) is 4.00. The lowest BCUT2D eigenvalue weighted by Gasteiger charge is -2.21. The molecule has 7 heteroatoms. The van der Waals surface area contributed by atoms with E-state index >= 15 is 0 Å². The molecule has 0 radical (unpaired) electrons. The molecule has 0 spiro atoms. The van der Waals surface area contributed by atoms with Gasteiger partial charge in [-0.1, -0.05) is 17.7 Å². The molecule has 0 fully saturated rings. The number of hydrogen-bond acceptors (Lipinski definition) is 4. The smallest absolute Gasteiger partial charge is 0.256 e. The highest BCUT2D eigenvalue weighted by Crippen LogP contribution is 2.32. The van der Waals surface area contributed by atoms with Crippen LogP contribution in [-0.4, -0.2) is 37.3 Å². The van der Waals surface area contributed by atoms with Crippen molar-refractivity contribution in [2.45, 2.75) is 30.6 Å². The third kappa shape index (κ3) is 3.49. The highest BCUT2D eigenvalue weighted by Gasteiger charge is 2.29. The zero-order valence-electron chi connectivity index (χ0n) is 15.9. The van der Waals surface area contributed by atoms with E-state index in [1.54, 1.807) is 12.1 Å². The van der Waals surface area contributed by atoms with Gasteiger partial charge in [0.1, 0.15) is 5.82 Å². The summed E-state index contributed by atoms with van der Waals surface area (Å²) >= 11 is 0. The summed E-state index contributed by atoms with van der Waals surface area (Å²) in [7, 11) is -4.08. The minimum atomic E-state index is -4.08. The standard InChI is InChI=1S/C21H21FN2O3S/c1-4-24(5-2)21(25)18-13-23-19-11-8-15(22)12-17(19)20(18)28(26,27)16-9-6-14(3)7-10-16/h6-13H,4-5H2,1-3H3. The lowest BCUT2D eigenvalue weighted by Crippen LogP contribution is -2.31. The van der Waals surface area contributed by atoms with Gasteiger partial charge in [-0.2, -0.15) is 0 Å². The zero-order valence-corrected chi connectivity index (χ0v) is 16.8. The second-order valence-electron chi connectivity index (χ2n) is 6.46. The number of sulfone groups is 1. The highest BCUT2D eigenvalue weighted by molar-refractivity contribution is 7.91. The van der Waals surface area contributed by atoms with Crippen molar-refractivity contribution in [3.63, 3.8) is 0 Å². The second kappa shape index (κ2) is 7.67. The molecule has 0 atom stereocenters. The Morgan fingerprint density at radius 2 is 1.71 bits per heavy atom. The molecule has 5 nitrogen and oxygen atoms in total. The van der Waals surface area contributed by atoms with Crippen LogP contribution in [0.5, 0.6) is 0 Å². The van der Waals surface area contributed by atoms with E-state index in [9.17, 15) is 17.6 Å². The van der Waals surface area contributed by atoms with E-state index in [0.29, 0.717) is 18.6 Å². The maximum absolute atomic E-state index is 14.0. The SMILES string of the molecule is CCN(CC)C(=O)c1cnc2ccc(F)cc2c1S(=O)(=O)c1ccc(C)cc1. The van der Waals surface area contributed by atoms with Crippen LogP contribution in [0, 0.1) is 12.7 Å². The van der Waals surface area contributed by atoms with Crippen molar-refractivity contribution >= 4 is 26.6 Å². The Morgan fingerprint density at radius 1 is 1.07 bits per heavy atom. The number of hydrogen-bond donors (Lipinski definition) is 0. The largest absolute Gasteiger partial charge is 0.339 e. The molecule has 0 aliphatic carbocycles. The molecule has 0 saturated carbocycles. The highest BCUT2D eigenvalue weighted by atomic mass is 32.2. The van der Waals surface area contributed by atoms with Crippen LogP contribution in [0.15, 0.2) is 58.5 Å². The third-order valence-electron chi connectivity index (χ3n) is 4.66. The van der Waals surface area contributed by atoms with Crippen LogP contribution < -0.4 is 0 Å². The number of amides is 1. The van der Waals surface area contributed by atoms with Crippen LogP contribution in [0.25, 0.3) is 10.9 Å². The van der Waals surface area contributed by atoms with Crippen LogP contribution in [0.4, 0.5) is 4.39 Å². The first-order valence-electron chi connectivity index (χ1n) is 8.98. The summed E-state index contributed by atoms with van der Waals surface area (Å²) in [5.41, 5.74) is 1.16. The molecule has 1 heterocycles. The molecule has 1 aromatic heterocycles. The van der Waals surface area contributed by atoms with Gasteiger partial charge in [0.15, 0.2) is 0 Å². The second-order valence-corrected chi connectivity index (χ2v) is 8.34. The molecule has 3 rings (SSSR count). The first-order chi connectivity index (χ1) is 13.3. The molecule has 28 heavy (non-hydrogen) atoms. The number of aromatic nitrogens is 1. The monoisotopic (exact) mass is 400 g/mol. The molecular formula is C21H21FN2O3S. The Kier molecular flexibility index (Phi) is 5.47. The van der Waals surface area contributed by atoms with Crippen molar-refractivity contribution in [1.82, 2.24) is 9.88 Å². The molecule has 3 aromatic rings. The fourth-order valence-corrected chi connectivity index (χ4v) is 4.71. The summed E-state index contributed by atoms with van der Waals surface area (Å²) < 4.78 is 40.9. The van der Waals surface area contributed by atoms with E-state index in [1.165, 1.54) is 35.4 Å². The van der Waals surface area contributed by atoms with Crippen LogP contribution in [-0.2, 0) is 9.84 Å². The summed E-state index contributed by atoms with van der Waals surface area (Å²) in [6.07, 6.45) is 1.27. The summed E-state index contributed by atoms with van der Waals surface area (Å²) in [5, 5.41) is 0.0959. The number of nitrogens with zero attached hydrogens (tertiary/aromatic N) is 2. The van der Waals surface area contributed by atoms with Gasteiger partial charge in [0, 0.05) is 24.7 Å². The van der Waals surface area contributed by atoms with Gasteiger partial charge in [-0.15, -0.1) is 0 Å². The molecule has 0 saturated heterocycles. The van der Waals surface area contributed by atoms with Gasteiger partial charge in [0.2, 0.25) is 9.84 Å². The van der Waals surface area contributed by atoms with Crippen molar-refractivity contribution in [2.75, 3.05) is 13.1 Å². The van der Waals surface area contributed by atoms with E-state index in [1.807, 2.05) is 20.8 Å². The maximum Gasteiger partial charge on any atom is 0.256 e. The lowest BCUT2D eigenvalue weighted by atomic mass is 10.1. The number of halogens is 1. The topological polar surface area (TPSA) is 67.3 Å². The average molecular weight is 400 g/mol. The van der Waals surface area contributed by atoms with Gasteiger partial charge >= 0.3 is 0 Å². The van der Waals surface area contributed by atoms with E-state index in [4.69, 9.17) is 0 Å². The minimum Gasteiger partial charge on any atom is -0.339 e. The number of carbonyl (C=O) groups is 1. The van der Waals surface area contributed by atoms with Crippen molar-refractivity contribution in [3.05, 3.63) is 65.6 Å². The van der Waals surface area contributed by atoms with Crippen LogP contribution in [0.2, 0.25) is 0 Å². The number of benzene rings is 2. The maximum atomic E-state index is 14.0. The molecule has 0 aliphatic rings. The fourth-order valence-electron chi connectivity index (χ4n) is 3.10. The van der Waals surface area contributed by atoms with E-state index in [0.717, 1.165) is 11.6 Å². The zero-order chi connectivity index (χ0) is 20.5.